The van der Waals surface area contributed by atoms with E-state index in [2.05, 4.69) is 4.98 Å². The number of carbonyl (C=O) groups excluding carboxylic acids is 1. The zero-order chi connectivity index (χ0) is 16.4. The molecule has 5 nitrogen and oxygen atoms in total. The number of rotatable bonds is 4. The van der Waals surface area contributed by atoms with Gasteiger partial charge in [-0.25, -0.2) is 4.98 Å². The molecule has 2 aromatic carbocycles. The average Bonchev–Trinajstić information content (AvgIpc) is 2.54. The number of amides is 1. The molecule has 0 fully saturated rings. The molecule has 3 aromatic rings. The summed E-state index contributed by atoms with van der Waals surface area (Å²) in [7, 11) is 0. The Morgan fingerprint density at radius 2 is 1.87 bits per heavy atom. The summed E-state index contributed by atoms with van der Waals surface area (Å²) in [5.41, 5.74) is 6.05. The molecule has 0 spiro atoms. The third-order valence-corrected chi connectivity index (χ3v) is 4.46. The Labute approximate surface area is 141 Å². The number of primary amides is 1. The van der Waals surface area contributed by atoms with Crippen LogP contribution < -0.4 is 11.3 Å². The number of hydrogen-bond acceptors (Lipinski definition) is 4. The molecule has 0 radical (unpaired) electrons. The number of benzene rings is 2. The normalized spacial score (nSPS) is 10.8. The van der Waals surface area contributed by atoms with E-state index in [1.54, 1.807) is 48.5 Å². The summed E-state index contributed by atoms with van der Waals surface area (Å²) in [6, 6.07) is 14.0. The lowest BCUT2D eigenvalue weighted by atomic mass is 10.2. The van der Waals surface area contributed by atoms with Crippen LogP contribution in [0.3, 0.4) is 0 Å². The highest BCUT2D eigenvalue weighted by atomic mass is 35.5. The van der Waals surface area contributed by atoms with Gasteiger partial charge >= 0.3 is 0 Å². The number of nitrogens with two attached hydrogens (primary N) is 1. The second kappa shape index (κ2) is 6.44. The second-order valence-electron chi connectivity index (χ2n) is 4.76. The molecular weight excluding hydrogens is 334 g/mol. The molecule has 0 atom stereocenters. The molecule has 1 heterocycles. The van der Waals surface area contributed by atoms with Crippen LogP contribution >= 0.6 is 23.4 Å². The minimum absolute atomic E-state index is 0.0230. The van der Waals surface area contributed by atoms with Crippen LogP contribution in [-0.4, -0.2) is 21.2 Å². The van der Waals surface area contributed by atoms with Crippen molar-refractivity contribution in [1.29, 1.82) is 0 Å². The molecule has 23 heavy (non-hydrogen) atoms. The van der Waals surface area contributed by atoms with Crippen LogP contribution in [0, 0.1) is 0 Å². The topological polar surface area (TPSA) is 78.0 Å². The predicted octanol–water partition coefficient (Wildman–Crippen LogP) is 2.62. The van der Waals surface area contributed by atoms with Crippen molar-refractivity contribution in [3.8, 4) is 5.69 Å². The van der Waals surface area contributed by atoms with Crippen molar-refractivity contribution in [3.63, 3.8) is 0 Å². The van der Waals surface area contributed by atoms with Crippen LogP contribution in [0.15, 0.2) is 58.5 Å². The van der Waals surface area contributed by atoms with Crippen LogP contribution in [0.2, 0.25) is 5.02 Å². The fraction of sp³-hybridized carbons (Fsp3) is 0.0625. The van der Waals surface area contributed by atoms with E-state index in [4.69, 9.17) is 17.3 Å². The number of fused-ring (bicyclic) bond motifs is 1. The predicted molar refractivity (Wildman–Crippen MR) is 92.3 cm³/mol. The van der Waals surface area contributed by atoms with Crippen molar-refractivity contribution in [3.05, 3.63) is 63.9 Å². The van der Waals surface area contributed by atoms with Crippen molar-refractivity contribution in [2.75, 3.05) is 5.75 Å². The van der Waals surface area contributed by atoms with Crippen LogP contribution in [0.25, 0.3) is 16.6 Å². The van der Waals surface area contributed by atoms with Crippen LogP contribution in [0.1, 0.15) is 0 Å². The van der Waals surface area contributed by atoms with E-state index in [1.165, 1.54) is 4.57 Å². The van der Waals surface area contributed by atoms with Gasteiger partial charge in [-0.1, -0.05) is 47.6 Å². The molecule has 0 bridgehead atoms. The average molecular weight is 346 g/mol. The van der Waals surface area contributed by atoms with Crippen molar-refractivity contribution in [2.45, 2.75) is 5.16 Å². The fourth-order valence-corrected chi connectivity index (χ4v) is 3.16. The number of nitrogens with zero attached hydrogens (tertiary/aromatic N) is 2. The lowest BCUT2D eigenvalue weighted by molar-refractivity contribution is -0.115. The SMILES string of the molecule is NC(=O)CSc1nc2ccccc2c(=O)n1-c1ccccc1Cl. The molecule has 7 heteroatoms. The summed E-state index contributed by atoms with van der Waals surface area (Å²) in [6.07, 6.45) is 0. The number of aromatic nitrogens is 2. The molecule has 0 saturated heterocycles. The first-order valence-corrected chi connectivity index (χ1v) is 8.12. The van der Waals surface area contributed by atoms with E-state index < -0.39 is 5.91 Å². The van der Waals surface area contributed by atoms with Gasteiger partial charge in [0.2, 0.25) is 5.91 Å². The van der Waals surface area contributed by atoms with E-state index in [9.17, 15) is 9.59 Å². The van der Waals surface area contributed by atoms with E-state index in [0.29, 0.717) is 26.8 Å². The van der Waals surface area contributed by atoms with E-state index in [0.717, 1.165) is 11.8 Å². The Morgan fingerprint density at radius 1 is 1.17 bits per heavy atom. The Bertz CT molecular complexity index is 955. The zero-order valence-electron chi connectivity index (χ0n) is 11.9. The van der Waals surface area contributed by atoms with Gasteiger partial charge in [0.1, 0.15) is 0 Å². The highest BCUT2D eigenvalue weighted by molar-refractivity contribution is 7.99. The molecule has 1 aromatic heterocycles. The summed E-state index contributed by atoms with van der Waals surface area (Å²) in [5, 5.41) is 1.28. The molecule has 0 aliphatic heterocycles. The first-order valence-electron chi connectivity index (χ1n) is 6.75. The van der Waals surface area contributed by atoms with Gasteiger partial charge < -0.3 is 5.73 Å². The van der Waals surface area contributed by atoms with Crippen molar-refractivity contribution in [1.82, 2.24) is 9.55 Å². The minimum Gasteiger partial charge on any atom is -0.369 e. The summed E-state index contributed by atoms with van der Waals surface area (Å²) in [5.74, 6) is -0.460. The van der Waals surface area contributed by atoms with Crippen molar-refractivity contribution in [2.24, 2.45) is 5.73 Å². The van der Waals surface area contributed by atoms with Crippen LogP contribution in [0.5, 0.6) is 0 Å². The third kappa shape index (κ3) is 3.09. The van der Waals surface area contributed by atoms with Crippen LogP contribution in [0.4, 0.5) is 0 Å². The molecular formula is C16H12ClN3O2S. The van der Waals surface area contributed by atoms with E-state index >= 15 is 0 Å². The lowest BCUT2D eigenvalue weighted by Gasteiger charge is -2.13. The molecule has 116 valence electrons. The van der Waals surface area contributed by atoms with Crippen LogP contribution in [-0.2, 0) is 4.79 Å². The van der Waals surface area contributed by atoms with Gasteiger partial charge in [-0.2, -0.15) is 0 Å². The number of carbonyl (C=O) groups is 1. The number of para-hydroxylation sites is 2. The third-order valence-electron chi connectivity index (χ3n) is 3.18. The van der Waals surface area contributed by atoms with Gasteiger partial charge in [-0.3, -0.25) is 14.2 Å². The minimum atomic E-state index is -0.483. The zero-order valence-corrected chi connectivity index (χ0v) is 13.5. The van der Waals surface area contributed by atoms with E-state index in [1.807, 2.05) is 0 Å². The summed E-state index contributed by atoms with van der Waals surface area (Å²) < 4.78 is 1.41. The van der Waals surface area contributed by atoms with Gasteiger partial charge in [-0.05, 0) is 24.3 Å². The fourth-order valence-electron chi connectivity index (χ4n) is 2.19. The van der Waals surface area contributed by atoms with Gasteiger partial charge in [0.05, 0.1) is 27.4 Å². The summed E-state index contributed by atoms with van der Waals surface area (Å²) in [6.45, 7) is 0. The first kappa shape index (κ1) is 15.6. The summed E-state index contributed by atoms with van der Waals surface area (Å²) in [4.78, 5) is 28.5. The molecule has 0 aliphatic rings. The second-order valence-corrected chi connectivity index (χ2v) is 6.11. The van der Waals surface area contributed by atoms with Crippen molar-refractivity contribution < 1.29 is 4.79 Å². The highest BCUT2D eigenvalue weighted by Crippen LogP contribution is 2.25. The first-order chi connectivity index (χ1) is 11.1. The summed E-state index contributed by atoms with van der Waals surface area (Å²) >= 11 is 7.33. The molecule has 0 saturated carbocycles. The quantitative estimate of drug-likeness (QED) is 0.582. The lowest BCUT2D eigenvalue weighted by Crippen LogP contribution is -2.23. The molecule has 1 amide bonds. The van der Waals surface area contributed by atoms with Gasteiger partial charge in [0, 0.05) is 0 Å². The van der Waals surface area contributed by atoms with Crippen molar-refractivity contribution >= 4 is 40.2 Å². The van der Waals surface area contributed by atoms with Gasteiger partial charge in [0.15, 0.2) is 5.16 Å². The number of halogens is 1. The highest BCUT2D eigenvalue weighted by Gasteiger charge is 2.15. The number of hydrogen-bond donors (Lipinski definition) is 1. The molecule has 0 aliphatic carbocycles. The molecule has 3 rings (SSSR count). The standard InChI is InChI=1S/C16H12ClN3O2S/c17-11-6-2-4-8-13(11)20-15(22)10-5-1-3-7-12(10)19-16(20)23-9-14(18)21/h1-8H,9H2,(H2,18,21). The maximum absolute atomic E-state index is 12.9. The Hall–Kier alpha value is -2.31. The van der Waals surface area contributed by atoms with Gasteiger partial charge in [-0.15, -0.1) is 0 Å². The maximum atomic E-state index is 12.9. The molecule has 2 N–H and O–H groups in total. The Morgan fingerprint density at radius 3 is 2.61 bits per heavy atom. The smallest absolute Gasteiger partial charge is 0.266 e. The Kier molecular flexibility index (Phi) is 4.36. The monoisotopic (exact) mass is 345 g/mol. The Balaban J connectivity index is 2.30. The van der Waals surface area contributed by atoms with Gasteiger partial charge in [0.25, 0.3) is 5.56 Å². The largest absolute Gasteiger partial charge is 0.369 e. The maximum Gasteiger partial charge on any atom is 0.266 e. The van der Waals surface area contributed by atoms with E-state index in [-0.39, 0.29) is 11.3 Å². The molecule has 0 unspecified atom stereocenters. The number of thioether (sulfide) groups is 1.